The molecule has 4 heterocycles. The third kappa shape index (κ3) is 8.22. The maximum atomic E-state index is 16.5. The minimum absolute atomic E-state index is 0.0278. The van der Waals surface area contributed by atoms with E-state index in [2.05, 4.69) is 39.4 Å². The van der Waals surface area contributed by atoms with Gasteiger partial charge in [-0.3, -0.25) is 19.3 Å². The summed E-state index contributed by atoms with van der Waals surface area (Å²) in [4.78, 5) is 78.4. The van der Waals surface area contributed by atoms with Crippen LogP contribution in [0.2, 0.25) is 0 Å². The fraction of sp³-hybridized carbons (Fsp3) is 0.278. The number of esters is 2. The van der Waals surface area contributed by atoms with E-state index in [0.29, 0.717) is 33.5 Å². The first kappa shape index (κ1) is 47.0. The monoisotopic (exact) mass is 941 g/mol. The third-order valence-electron chi connectivity index (χ3n) is 13.2. The number of amides is 4. The summed E-state index contributed by atoms with van der Waals surface area (Å²) in [6, 6.07) is 32.4. The number of para-hydroxylation sites is 1. The Morgan fingerprint density at radius 3 is 2.33 bits per heavy atom. The van der Waals surface area contributed by atoms with Gasteiger partial charge in [0.05, 0.1) is 42.9 Å². The molecule has 356 valence electrons. The molecule has 2 saturated heterocycles. The molecule has 7 atom stereocenters. The molecule has 0 radical (unpaired) electrons. The van der Waals surface area contributed by atoms with Crippen molar-refractivity contribution in [1.29, 1.82) is 0 Å². The normalized spacial score (nSPS) is 21.8. The molecule has 3 aliphatic rings. The number of hydrogen-bond acceptors (Lipinski definition) is 12. The average molecular weight is 942 g/mol. The lowest BCUT2D eigenvalue weighted by atomic mass is 9.65. The Hall–Kier alpha value is -8.13. The molecule has 4 amide bonds. The van der Waals surface area contributed by atoms with Crippen molar-refractivity contribution in [2.75, 3.05) is 31.8 Å². The Morgan fingerprint density at radius 2 is 1.61 bits per heavy atom. The van der Waals surface area contributed by atoms with E-state index in [4.69, 9.17) is 14.2 Å². The minimum Gasteiger partial charge on any atom is -0.491 e. The molecular formula is C54H51N7O9. The molecule has 1 spiro atoms. The second kappa shape index (κ2) is 19.8. The number of methoxy groups -OCH3 is 1. The Bertz CT molecular complexity index is 3040. The molecule has 9 rings (SSSR count). The van der Waals surface area contributed by atoms with E-state index >= 15 is 19.2 Å². The zero-order valence-corrected chi connectivity index (χ0v) is 38.7. The number of benzene rings is 5. The van der Waals surface area contributed by atoms with Gasteiger partial charge in [0.2, 0.25) is 11.8 Å². The summed E-state index contributed by atoms with van der Waals surface area (Å²) in [6.45, 7) is 7.07. The van der Waals surface area contributed by atoms with Gasteiger partial charge < -0.3 is 30.0 Å². The predicted molar refractivity (Wildman–Crippen MR) is 258 cm³/mol. The van der Waals surface area contributed by atoms with Crippen molar-refractivity contribution in [1.82, 2.24) is 30.5 Å². The number of aromatic nitrogens is 3. The van der Waals surface area contributed by atoms with Gasteiger partial charge in [-0.25, -0.2) is 19.2 Å². The summed E-state index contributed by atoms with van der Waals surface area (Å²) in [6.07, 6.45) is 0.534. The first-order chi connectivity index (χ1) is 34.0. The van der Waals surface area contributed by atoms with Crippen LogP contribution >= 0.6 is 0 Å². The number of ether oxygens (including phenoxy) is 3. The highest BCUT2D eigenvalue weighted by molar-refractivity contribution is 6.25. The number of fused-ring (bicyclic) bond motifs is 4. The van der Waals surface area contributed by atoms with Gasteiger partial charge >= 0.3 is 18.0 Å². The highest BCUT2D eigenvalue weighted by Gasteiger charge is 2.75. The maximum absolute atomic E-state index is 16.5. The number of urea groups is 1. The zero-order valence-electron chi connectivity index (χ0n) is 38.7. The van der Waals surface area contributed by atoms with Crippen LogP contribution in [0.1, 0.15) is 59.9 Å². The van der Waals surface area contributed by atoms with E-state index < -0.39 is 77.3 Å². The molecule has 0 aliphatic carbocycles. The smallest absolute Gasteiger partial charge is 0.329 e. The largest absolute Gasteiger partial charge is 0.491 e. The molecule has 6 aromatic rings. The highest BCUT2D eigenvalue weighted by atomic mass is 16.6. The van der Waals surface area contributed by atoms with Crippen LogP contribution in [0.4, 0.5) is 10.5 Å². The van der Waals surface area contributed by atoms with Gasteiger partial charge in [-0.2, -0.15) is 0 Å². The summed E-state index contributed by atoms with van der Waals surface area (Å²) in [7, 11) is 1.21. The number of aliphatic hydroxyl groups excluding tert-OH is 1. The van der Waals surface area contributed by atoms with Crippen LogP contribution < -0.4 is 20.3 Å². The van der Waals surface area contributed by atoms with Gasteiger partial charge in [-0.05, 0) is 70.6 Å². The van der Waals surface area contributed by atoms with Crippen molar-refractivity contribution in [2.24, 2.45) is 11.8 Å². The molecule has 3 aliphatic heterocycles. The lowest BCUT2D eigenvalue weighted by Gasteiger charge is -2.46. The standard InChI is InChI=1S/C54H51N7O9/c1-5-27-55-49(63)43-46-51(65)70-47(36-19-10-7-11-20-36)45(35-17-8-6-9-18-35)61(46)48(37-21-14-22-38(32-37)69-30-29-62)54(43)39-31-34(16-15-28-59-42-24-13-12-23-40(42)57-58-59)25-26-41(39)60(52(54)66)53(67)56-44(33(2)3)50(64)68-4/h5-14,17-26,31-33,43-48,62H,1,27-30H2,2-4H3,(H,55,63)(H,56,67)/t43-,44-,45-,46-,47+,48+,54-/m0/s1. The summed E-state index contributed by atoms with van der Waals surface area (Å²) in [5, 5.41) is 24.0. The van der Waals surface area contributed by atoms with E-state index in [1.165, 1.54) is 13.2 Å². The van der Waals surface area contributed by atoms with Crippen LogP contribution in [0.25, 0.3) is 11.0 Å². The van der Waals surface area contributed by atoms with Crippen LogP contribution in [0.5, 0.6) is 5.75 Å². The van der Waals surface area contributed by atoms with Crippen molar-refractivity contribution in [3.63, 3.8) is 0 Å². The molecule has 0 saturated carbocycles. The van der Waals surface area contributed by atoms with Crippen molar-refractivity contribution in [2.45, 2.75) is 56.1 Å². The molecule has 16 heteroatoms. The molecule has 0 bridgehead atoms. The number of carbonyl (C=O) groups excluding carboxylic acids is 5. The van der Waals surface area contributed by atoms with Crippen LogP contribution in [0.3, 0.4) is 0 Å². The Balaban J connectivity index is 1.33. The Labute approximate surface area is 404 Å². The van der Waals surface area contributed by atoms with Gasteiger partial charge in [0.15, 0.2) is 0 Å². The Kier molecular flexibility index (Phi) is 13.3. The van der Waals surface area contributed by atoms with Gasteiger partial charge in [-0.1, -0.05) is 122 Å². The van der Waals surface area contributed by atoms with Crippen molar-refractivity contribution >= 4 is 46.5 Å². The van der Waals surface area contributed by atoms with Crippen molar-refractivity contribution < 1.29 is 43.3 Å². The van der Waals surface area contributed by atoms with Gasteiger partial charge in [0.25, 0.3) is 0 Å². The zero-order chi connectivity index (χ0) is 49.1. The van der Waals surface area contributed by atoms with Crippen molar-refractivity contribution in [3.05, 3.63) is 168 Å². The number of cyclic esters (lactones) is 1. The maximum Gasteiger partial charge on any atom is 0.329 e. The summed E-state index contributed by atoms with van der Waals surface area (Å²) < 4.78 is 19.3. The summed E-state index contributed by atoms with van der Waals surface area (Å²) in [5.74, 6) is 1.67. The second-order valence-electron chi connectivity index (χ2n) is 17.5. The number of nitrogens with zero attached hydrogens (tertiary/aromatic N) is 5. The molecule has 1 aromatic heterocycles. The second-order valence-corrected chi connectivity index (χ2v) is 17.5. The van der Waals surface area contributed by atoms with Crippen molar-refractivity contribution in [3.8, 4) is 17.6 Å². The number of imide groups is 1. The SMILES string of the molecule is C=CCNC(=O)[C@@H]1[C@H]2C(=O)O[C@H](c3ccccc3)[C@H](c3ccccc3)N2[C@H](c2cccc(OCCO)c2)[C@@]12C(=O)N(C(=O)N[C@H](C(=O)OC)C(C)C)c1ccc(C#CCn3nnc4ccccc43)cc12. The van der Waals surface area contributed by atoms with Crippen LogP contribution in [-0.2, 0) is 40.6 Å². The number of rotatable bonds is 13. The van der Waals surface area contributed by atoms with E-state index in [1.807, 2.05) is 89.8 Å². The number of morpholine rings is 1. The number of hydrogen-bond donors (Lipinski definition) is 3. The number of nitrogens with one attached hydrogen (secondary N) is 2. The van der Waals surface area contributed by atoms with E-state index in [0.717, 1.165) is 10.4 Å². The lowest BCUT2D eigenvalue weighted by Crippen LogP contribution is -2.57. The van der Waals surface area contributed by atoms with E-state index in [9.17, 15) is 9.90 Å². The fourth-order valence-electron chi connectivity index (χ4n) is 10.3. The average Bonchev–Trinajstić information content (AvgIpc) is 4.02. The molecule has 0 unspecified atom stereocenters. The van der Waals surface area contributed by atoms with Crippen LogP contribution in [0, 0.1) is 23.7 Å². The Morgan fingerprint density at radius 1 is 0.900 bits per heavy atom. The molecule has 2 fully saturated rings. The highest BCUT2D eigenvalue weighted by Crippen LogP contribution is 2.66. The molecule has 5 aromatic carbocycles. The first-order valence-corrected chi connectivity index (χ1v) is 23.0. The molecule has 16 nitrogen and oxygen atoms in total. The van der Waals surface area contributed by atoms with Gasteiger partial charge in [0, 0.05) is 12.1 Å². The van der Waals surface area contributed by atoms with Crippen LogP contribution in [0.15, 0.2) is 140 Å². The van der Waals surface area contributed by atoms with Crippen LogP contribution in [-0.4, -0.2) is 93.7 Å². The number of carbonyl (C=O) groups is 5. The van der Waals surface area contributed by atoms with E-state index in [1.54, 1.807) is 61.0 Å². The lowest BCUT2D eigenvalue weighted by molar-refractivity contribution is -0.178. The quantitative estimate of drug-likeness (QED) is 0.0725. The van der Waals surface area contributed by atoms with Gasteiger partial charge in [-0.15, -0.1) is 11.7 Å². The molecule has 3 N–H and O–H groups in total. The molecule has 70 heavy (non-hydrogen) atoms. The topological polar surface area (TPSA) is 195 Å². The third-order valence-corrected chi connectivity index (χ3v) is 13.2. The van der Waals surface area contributed by atoms with E-state index in [-0.39, 0.29) is 37.6 Å². The predicted octanol–water partition coefficient (Wildman–Crippen LogP) is 5.73. The molecular weight excluding hydrogens is 891 g/mol. The number of aliphatic hydroxyl groups is 1. The number of anilines is 1. The summed E-state index contributed by atoms with van der Waals surface area (Å²) in [5.41, 5.74) is 1.94. The van der Waals surface area contributed by atoms with Gasteiger partial charge in [0.1, 0.15) is 48.0 Å². The minimum atomic E-state index is -2.12. The fourth-order valence-corrected chi connectivity index (χ4v) is 10.3. The first-order valence-electron chi connectivity index (χ1n) is 23.0. The summed E-state index contributed by atoms with van der Waals surface area (Å²) >= 11 is 0.